The van der Waals surface area contributed by atoms with E-state index in [0.717, 1.165) is 25.0 Å². The van der Waals surface area contributed by atoms with Crippen LogP contribution < -0.4 is 10.6 Å². The fraction of sp³-hybridized carbons (Fsp3) is 0.800. The summed E-state index contributed by atoms with van der Waals surface area (Å²) in [6.45, 7) is 0. The number of hydrogen-bond donors (Lipinski definition) is 3. The first-order chi connectivity index (χ1) is 7.66. The molecule has 5 nitrogen and oxygen atoms in total. The molecule has 2 aliphatic heterocycles. The molecule has 0 spiro atoms. The zero-order valence-electron chi connectivity index (χ0n) is 9.35. The molecule has 2 rings (SSSR count). The van der Waals surface area contributed by atoms with Gasteiger partial charge in [-0.05, 0) is 12.8 Å². The quantitative estimate of drug-likeness (QED) is 0.518. The van der Waals surface area contributed by atoms with Crippen LogP contribution in [0.25, 0.3) is 0 Å². The standard InChI is InChI=1S/C10H16N2O3S.Cr/c13-8(14)4-2-1-3-7-9-6(5-16-7)11-10(15)12-9;/h6-7,9H,1-5H2,(H,13,14)(H2,11,12,15);/t6-,7-,9-;/m0./s1. The molecule has 0 bridgehead atoms. The van der Waals surface area contributed by atoms with Gasteiger partial charge in [-0.15, -0.1) is 0 Å². The fourth-order valence-electron chi connectivity index (χ4n) is 2.26. The minimum atomic E-state index is -0.729. The van der Waals surface area contributed by atoms with Crippen LogP contribution >= 0.6 is 11.8 Å². The average molecular weight is 296 g/mol. The molecule has 2 amide bonds. The summed E-state index contributed by atoms with van der Waals surface area (Å²) in [5, 5.41) is 14.8. The first-order valence-corrected chi connectivity index (χ1v) is 6.62. The number of amides is 2. The molecule has 96 valence electrons. The molecular formula is C10H16CrN2O3S. The van der Waals surface area contributed by atoms with Crippen molar-refractivity contribution in [1.82, 2.24) is 10.6 Å². The van der Waals surface area contributed by atoms with Crippen LogP contribution in [0.1, 0.15) is 25.7 Å². The number of hydrogen-bond acceptors (Lipinski definition) is 3. The molecule has 0 aromatic carbocycles. The Morgan fingerprint density at radius 2 is 2.18 bits per heavy atom. The van der Waals surface area contributed by atoms with Gasteiger partial charge in [0.15, 0.2) is 0 Å². The van der Waals surface area contributed by atoms with Crippen LogP contribution in [-0.2, 0) is 22.2 Å². The van der Waals surface area contributed by atoms with E-state index >= 15 is 0 Å². The first-order valence-electron chi connectivity index (χ1n) is 5.57. The van der Waals surface area contributed by atoms with Crippen LogP contribution in [0.3, 0.4) is 0 Å². The molecule has 0 aliphatic carbocycles. The van der Waals surface area contributed by atoms with Crippen molar-refractivity contribution in [1.29, 1.82) is 0 Å². The van der Waals surface area contributed by atoms with Crippen molar-refractivity contribution < 1.29 is 32.1 Å². The molecular weight excluding hydrogens is 280 g/mol. The van der Waals surface area contributed by atoms with Gasteiger partial charge in [0, 0.05) is 34.8 Å². The Kier molecular flexibility index (Phi) is 5.64. The molecule has 0 radical (unpaired) electrons. The summed E-state index contributed by atoms with van der Waals surface area (Å²) in [6, 6.07) is 0.440. The molecule has 0 unspecified atom stereocenters. The smallest absolute Gasteiger partial charge is 0.315 e. The molecule has 17 heavy (non-hydrogen) atoms. The predicted octanol–water partition coefficient (Wildman–Crippen LogP) is 0.794. The van der Waals surface area contributed by atoms with Crippen molar-refractivity contribution >= 4 is 23.8 Å². The van der Waals surface area contributed by atoms with E-state index in [1.165, 1.54) is 0 Å². The third-order valence-electron chi connectivity index (χ3n) is 3.07. The molecule has 0 aromatic rings. The number of thioether (sulfide) groups is 1. The van der Waals surface area contributed by atoms with E-state index in [9.17, 15) is 9.59 Å². The van der Waals surface area contributed by atoms with Gasteiger partial charge in [-0.3, -0.25) is 4.79 Å². The first kappa shape index (κ1) is 14.7. The van der Waals surface area contributed by atoms with Gasteiger partial charge in [0.05, 0.1) is 12.1 Å². The van der Waals surface area contributed by atoms with Crippen LogP contribution in [0.4, 0.5) is 4.79 Å². The van der Waals surface area contributed by atoms with Crippen LogP contribution in [0.5, 0.6) is 0 Å². The molecule has 2 aliphatic rings. The number of fused-ring (bicyclic) bond motifs is 1. The minimum absolute atomic E-state index is 0. The SMILES string of the molecule is O=C(O)CCCC[C@@H]1SC[C@@H]2NC(=O)N[C@@H]21.[Cr]. The Hall–Kier alpha value is -0.378. The second kappa shape index (κ2) is 6.53. The normalized spacial score (nSPS) is 30.1. The summed E-state index contributed by atoms with van der Waals surface area (Å²) in [5.41, 5.74) is 0. The molecule has 7 heteroatoms. The van der Waals surface area contributed by atoms with Crippen molar-refractivity contribution in [3.05, 3.63) is 0 Å². The van der Waals surface area contributed by atoms with Gasteiger partial charge in [-0.1, -0.05) is 6.42 Å². The van der Waals surface area contributed by atoms with Gasteiger partial charge < -0.3 is 15.7 Å². The van der Waals surface area contributed by atoms with Gasteiger partial charge in [-0.2, -0.15) is 11.8 Å². The molecule has 3 atom stereocenters. The second-order valence-corrected chi connectivity index (χ2v) is 5.53. The Morgan fingerprint density at radius 1 is 1.41 bits per heavy atom. The Balaban J connectivity index is 0.00000144. The van der Waals surface area contributed by atoms with Crippen molar-refractivity contribution in [2.24, 2.45) is 0 Å². The van der Waals surface area contributed by atoms with Crippen molar-refractivity contribution in [3.8, 4) is 0 Å². The van der Waals surface area contributed by atoms with Crippen LogP contribution in [0, 0.1) is 0 Å². The summed E-state index contributed by atoms with van der Waals surface area (Å²) < 4.78 is 0. The fourth-order valence-corrected chi connectivity index (χ4v) is 3.81. The monoisotopic (exact) mass is 296 g/mol. The largest absolute Gasteiger partial charge is 0.481 e. The van der Waals surface area contributed by atoms with E-state index in [2.05, 4.69) is 10.6 Å². The Labute approximate surface area is 115 Å². The van der Waals surface area contributed by atoms with Crippen molar-refractivity contribution in [2.45, 2.75) is 43.0 Å². The third-order valence-corrected chi connectivity index (χ3v) is 4.58. The molecule has 0 saturated carbocycles. The maximum atomic E-state index is 11.1. The van der Waals surface area contributed by atoms with Gasteiger partial charge in [-0.25, -0.2) is 4.79 Å². The number of urea groups is 1. The minimum Gasteiger partial charge on any atom is -0.481 e. The zero-order chi connectivity index (χ0) is 11.5. The van der Waals surface area contributed by atoms with Crippen LogP contribution in [0.2, 0.25) is 0 Å². The summed E-state index contributed by atoms with van der Waals surface area (Å²) in [6.07, 6.45) is 2.88. The van der Waals surface area contributed by atoms with Gasteiger partial charge in [0.2, 0.25) is 0 Å². The number of carboxylic acids is 1. The maximum absolute atomic E-state index is 11.1. The number of rotatable bonds is 5. The number of nitrogens with one attached hydrogen (secondary N) is 2. The second-order valence-electron chi connectivity index (χ2n) is 4.26. The van der Waals surface area contributed by atoms with Crippen LogP contribution in [-0.4, -0.2) is 40.2 Å². The Morgan fingerprint density at radius 3 is 2.88 bits per heavy atom. The van der Waals surface area contributed by atoms with E-state index in [1.807, 2.05) is 11.8 Å². The third kappa shape index (κ3) is 3.80. The van der Waals surface area contributed by atoms with E-state index in [1.54, 1.807) is 0 Å². The van der Waals surface area contributed by atoms with Gasteiger partial charge >= 0.3 is 12.0 Å². The summed E-state index contributed by atoms with van der Waals surface area (Å²) in [5.74, 6) is 0.236. The molecule has 3 N–H and O–H groups in total. The number of carbonyl (C=O) groups excluding carboxylic acids is 1. The number of carboxylic acid groups (broad SMARTS) is 1. The number of carbonyl (C=O) groups is 2. The Bertz CT molecular complexity index is 303. The van der Waals surface area contributed by atoms with E-state index in [-0.39, 0.29) is 41.9 Å². The number of aliphatic carboxylic acids is 1. The molecule has 2 saturated heterocycles. The summed E-state index contributed by atoms with van der Waals surface area (Å²) >= 11 is 1.87. The van der Waals surface area contributed by atoms with Gasteiger partial charge in [0.1, 0.15) is 0 Å². The van der Waals surface area contributed by atoms with E-state index in [0.29, 0.717) is 5.25 Å². The summed E-state index contributed by atoms with van der Waals surface area (Å²) in [7, 11) is 0. The number of unbranched alkanes of at least 4 members (excludes halogenated alkanes) is 1. The molecule has 2 heterocycles. The topological polar surface area (TPSA) is 78.4 Å². The van der Waals surface area contributed by atoms with Crippen molar-refractivity contribution in [2.75, 3.05) is 5.75 Å². The summed E-state index contributed by atoms with van der Waals surface area (Å²) in [4.78, 5) is 21.5. The van der Waals surface area contributed by atoms with E-state index in [4.69, 9.17) is 5.11 Å². The molecule has 2 fully saturated rings. The molecule has 0 aromatic heterocycles. The average Bonchev–Trinajstić information content (AvgIpc) is 2.72. The zero-order valence-corrected chi connectivity index (χ0v) is 11.4. The van der Waals surface area contributed by atoms with E-state index < -0.39 is 5.97 Å². The van der Waals surface area contributed by atoms with Gasteiger partial charge in [0.25, 0.3) is 0 Å². The van der Waals surface area contributed by atoms with Crippen molar-refractivity contribution in [3.63, 3.8) is 0 Å². The maximum Gasteiger partial charge on any atom is 0.315 e. The van der Waals surface area contributed by atoms with Crippen LogP contribution in [0.15, 0.2) is 0 Å². The predicted molar refractivity (Wildman–Crippen MR) is 61.6 cm³/mol.